The van der Waals surface area contributed by atoms with Crippen LogP contribution in [0.4, 0.5) is 0 Å². The first-order valence-corrected chi connectivity index (χ1v) is 16.6. The molecule has 2 atom stereocenters. The Hall–Kier alpha value is -3.25. The third kappa shape index (κ3) is 5.96. The van der Waals surface area contributed by atoms with Crippen LogP contribution in [0, 0.1) is 5.92 Å². The molecule has 2 saturated heterocycles. The number of aromatic nitrogens is 2. The first-order valence-electron chi connectivity index (χ1n) is 14.4. The monoisotopic (exact) mass is 605 g/mol. The fourth-order valence-corrected chi connectivity index (χ4v) is 8.18. The van der Waals surface area contributed by atoms with Crippen LogP contribution in [0.15, 0.2) is 75.6 Å². The molecular weight excluding hydrogens is 571 g/mol. The standard InChI is InChI=1S/C31H35N5O4S2/c1-21-12-14-34(15-13-21)31-32-30(37)28(41-31)17-25-20-36(26-9-5-4-6-10-26)33-29(25)24-8-7-11-27(16-24)42(38,39)35-18-22(2)40-23(3)19-35/h4-11,16-17,20-23H,12-15,18-19H2,1-3H3/b28-17-. The van der Waals surface area contributed by atoms with E-state index >= 15 is 0 Å². The molecule has 0 bridgehead atoms. The minimum Gasteiger partial charge on any atom is -0.373 e. The van der Waals surface area contributed by atoms with Crippen molar-refractivity contribution in [2.75, 3.05) is 26.2 Å². The Morgan fingerprint density at radius 3 is 2.40 bits per heavy atom. The zero-order chi connectivity index (χ0) is 29.4. The Kier molecular flexibility index (Phi) is 8.10. The lowest BCUT2D eigenvalue weighted by molar-refractivity contribution is -0.113. The SMILES string of the molecule is CC1CCN(C2=NC(=O)/C(=C/c3cn(-c4ccccc4)nc3-c3cccc(S(=O)(=O)N4CC(C)OC(C)C4)c3)S2)CC1. The van der Waals surface area contributed by atoms with E-state index in [-0.39, 0.29) is 23.0 Å². The number of para-hydroxylation sites is 1. The summed E-state index contributed by atoms with van der Waals surface area (Å²) in [5, 5.41) is 5.62. The molecule has 1 amide bonds. The lowest BCUT2D eigenvalue weighted by atomic mass is 10.00. The van der Waals surface area contributed by atoms with Gasteiger partial charge >= 0.3 is 0 Å². The van der Waals surface area contributed by atoms with Gasteiger partial charge in [-0.25, -0.2) is 13.1 Å². The second-order valence-electron chi connectivity index (χ2n) is 11.3. The molecule has 3 aliphatic rings. The number of hydrogen-bond acceptors (Lipinski definition) is 7. The highest BCUT2D eigenvalue weighted by Crippen LogP contribution is 2.35. The predicted octanol–water partition coefficient (Wildman–Crippen LogP) is 5.04. The third-order valence-electron chi connectivity index (χ3n) is 7.84. The van der Waals surface area contributed by atoms with Crippen LogP contribution in [-0.2, 0) is 19.6 Å². The normalized spacial score (nSPS) is 23.5. The number of nitrogens with zero attached hydrogens (tertiary/aromatic N) is 5. The molecule has 3 aliphatic heterocycles. The Morgan fingerprint density at radius 2 is 1.69 bits per heavy atom. The van der Waals surface area contributed by atoms with Crippen molar-refractivity contribution in [2.45, 2.75) is 50.7 Å². The smallest absolute Gasteiger partial charge is 0.286 e. The Morgan fingerprint density at radius 1 is 0.976 bits per heavy atom. The van der Waals surface area contributed by atoms with Crippen molar-refractivity contribution in [2.24, 2.45) is 10.9 Å². The summed E-state index contributed by atoms with van der Waals surface area (Å²) in [4.78, 5) is 20.3. The van der Waals surface area contributed by atoms with Crippen molar-refractivity contribution in [3.63, 3.8) is 0 Å². The molecule has 3 aromatic rings. The number of ether oxygens (including phenoxy) is 1. The summed E-state index contributed by atoms with van der Waals surface area (Å²) in [5.41, 5.74) is 2.80. The van der Waals surface area contributed by atoms with Gasteiger partial charge in [-0.1, -0.05) is 37.3 Å². The number of aliphatic imine (C=N–C) groups is 1. The van der Waals surface area contributed by atoms with Crippen molar-refractivity contribution in [1.82, 2.24) is 19.0 Å². The van der Waals surface area contributed by atoms with Crippen LogP contribution in [-0.4, -0.2) is 76.9 Å². The van der Waals surface area contributed by atoms with Gasteiger partial charge in [-0.3, -0.25) is 4.79 Å². The predicted molar refractivity (Wildman–Crippen MR) is 166 cm³/mol. The number of carbonyl (C=O) groups is 1. The average Bonchev–Trinajstić information content (AvgIpc) is 3.57. The number of benzene rings is 2. The highest BCUT2D eigenvalue weighted by atomic mass is 32.2. The molecular formula is C31H35N5O4S2. The molecule has 1 aromatic heterocycles. The second-order valence-corrected chi connectivity index (χ2v) is 14.2. The summed E-state index contributed by atoms with van der Waals surface area (Å²) in [6.45, 7) is 8.41. The Balaban J connectivity index is 1.35. The maximum absolute atomic E-state index is 13.7. The summed E-state index contributed by atoms with van der Waals surface area (Å²) >= 11 is 1.39. The van der Waals surface area contributed by atoms with Crippen LogP contribution in [0.5, 0.6) is 0 Å². The van der Waals surface area contributed by atoms with Gasteiger partial charge in [-0.15, -0.1) is 0 Å². The fourth-order valence-electron chi connectivity index (χ4n) is 5.58. The van der Waals surface area contributed by atoms with Gasteiger partial charge in [-0.05, 0) is 74.7 Å². The second kappa shape index (κ2) is 11.8. The lowest BCUT2D eigenvalue weighted by Gasteiger charge is -2.34. The first kappa shape index (κ1) is 28.9. The number of rotatable bonds is 5. The molecule has 11 heteroatoms. The van der Waals surface area contributed by atoms with Gasteiger partial charge in [0.2, 0.25) is 10.0 Å². The number of thioether (sulfide) groups is 1. The largest absolute Gasteiger partial charge is 0.373 e. The molecule has 4 heterocycles. The van der Waals surface area contributed by atoms with Gasteiger partial charge < -0.3 is 9.64 Å². The summed E-state index contributed by atoms with van der Waals surface area (Å²) in [6.07, 6.45) is 5.50. The highest BCUT2D eigenvalue weighted by Gasteiger charge is 2.33. The maximum Gasteiger partial charge on any atom is 0.286 e. The van der Waals surface area contributed by atoms with Crippen molar-refractivity contribution < 1.29 is 17.9 Å². The fraction of sp³-hybridized carbons (Fsp3) is 0.387. The van der Waals surface area contributed by atoms with E-state index in [4.69, 9.17) is 9.84 Å². The number of sulfonamides is 1. The minimum atomic E-state index is -3.75. The number of morpholine rings is 1. The average molecular weight is 606 g/mol. The summed E-state index contributed by atoms with van der Waals surface area (Å²) in [7, 11) is -3.75. The molecule has 0 saturated carbocycles. The summed E-state index contributed by atoms with van der Waals surface area (Å²) in [5.74, 6) is 0.416. The van der Waals surface area contributed by atoms with Crippen LogP contribution in [0.25, 0.3) is 23.0 Å². The summed E-state index contributed by atoms with van der Waals surface area (Å²) in [6, 6.07) is 16.6. The van der Waals surface area contributed by atoms with Gasteiger partial charge in [0.1, 0.15) is 5.69 Å². The third-order valence-corrected chi connectivity index (χ3v) is 10.7. The lowest BCUT2D eigenvalue weighted by Crippen LogP contribution is -2.48. The number of piperidine rings is 1. The quantitative estimate of drug-likeness (QED) is 0.376. The highest BCUT2D eigenvalue weighted by molar-refractivity contribution is 8.18. The van der Waals surface area contributed by atoms with Gasteiger partial charge in [0.25, 0.3) is 5.91 Å². The number of carbonyl (C=O) groups excluding carboxylic acids is 1. The molecule has 220 valence electrons. The van der Waals surface area contributed by atoms with E-state index in [1.54, 1.807) is 22.9 Å². The van der Waals surface area contributed by atoms with Crippen LogP contribution in [0.1, 0.15) is 39.2 Å². The zero-order valence-corrected chi connectivity index (χ0v) is 25.6. The van der Waals surface area contributed by atoms with Crippen molar-refractivity contribution in [3.8, 4) is 16.9 Å². The molecule has 42 heavy (non-hydrogen) atoms. The van der Waals surface area contributed by atoms with Crippen LogP contribution in [0.2, 0.25) is 0 Å². The van der Waals surface area contributed by atoms with Crippen molar-refractivity contribution >= 4 is 38.9 Å². The van der Waals surface area contributed by atoms with Crippen LogP contribution >= 0.6 is 11.8 Å². The van der Waals surface area contributed by atoms with Gasteiger partial charge in [0.05, 0.1) is 27.7 Å². The van der Waals surface area contributed by atoms with Gasteiger partial charge in [0, 0.05) is 43.5 Å². The van der Waals surface area contributed by atoms with E-state index in [1.807, 2.05) is 62.5 Å². The zero-order valence-electron chi connectivity index (χ0n) is 24.0. The molecule has 2 fully saturated rings. The summed E-state index contributed by atoms with van der Waals surface area (Å²) < 4.78 is 36.3. The Labute approximate surface area is 251 Å². The molecule has 2 aromatic carbocycles. The van der Waals surface area contributed by atoms with E-state index in [9.17, 15) is 13.2 Å². The number of amides is 1. The van der Waals surface area contributed by atoms with E-state index < -0.39 is 10.0 Å². The molecule has 0 aliphatic carbocycles. The minimum absolute atomic E-state index is 0.187. The molecule has 6 rings (SSSR count). The van der Waals surface area contributed by atoms with Gasteiger partial charge in [-0.2, -0.15) is 14.4 Å². The van der Waals surface area contributed by atoms with Crippen molar-refractivity contribution in [3.05, 3.63) is 71.3 Å². The maximum atomic E-state index is 13.7. The molecule has 0 radical (unpaired) electrons. The molecule has 9 nitrogen and oxygen atoms in total. The van der Waals surface area contributed by atoms with E-state index in [2.05, 4.69) is 16.8 Å². The molecule has 2 unspecified atom stereocenters. The number of amidine groups is 1. The Bertz CT molecular complexity index is 1630. The number of likely N-dealkylation sites (tertiary alicyclic amines) is 1. The first-order chi connectivity index (χ1) is 20.2. The van der Waals surface area contributed by atoms with E-state index in [1.165, 1.54) is 16.1 Å². The van der Waals surface area contributed by atoms with Crippen LogP contribution in [0.3, 0.4) is 0 Å². The van der Waals surface area contributed by atoms with Crippen LogP contribution < -0.4 is 0 Å². The van der Waals surface area contributed by atoms with E-state index in [0.29, 0.717) is 40.7 Å². The van der Waals surface area contributed by atoms with Crippen molar-refractivity contribution in [1.29, 1.82) is 0 Å². The van der Waals surface area contributed by atoms with E-state index in [0.717, 1.165) is 36.8 Å². The molecule has 0 spiro atoms. The topological polar surface area (TPSA) is 97.1 Å². The van der Waals surface area contributed by atoms with Gasteiger partial charge in [0.15, 0.2) is 5.17 Å². The molecule has 0 N–H and O–H groups in total. The number of hydrogen-bond donors (Lipinski definition) is 0.